The first-order chi connectivity index (χ1) is 12.3. The fraction of sp³-hybridized carbons (Fsp3) is 0.333. The van der Waals surface area contributed by atoms with Crippen molar-refractivity contribution < 1.29 is 4.79 Å². The summed E-state index contributed by atoms with van der Waals surface area (Å²) < 4.78 is 0. The Morgan fingerprint density at radius 1 is 1.20 bits per heavy atom. The van der Waals surface area contributed by atoms with Crippen molar-refractivity contribution in [1.82, 2.24) is 25.5 Å². The Morgan fingerprint density at radius 3 is 2.76 bits per heavy atom. The number of amides is 1. The Bertz CT molecular complexity index is 855. The van der Waals surface area contributed by atoms with Crippen molar-refractivity contribution in [3.05, 3.63) is 48.4 Å². The van der Waals surface area contributed by atoms with Gasteiger partial charge in [0, 0.05) is 25.8 Å². The van der Waals surface area contributed by atoms with Crippen LogP contribution in [0.15, 0.2) is 42.7 Å². The standard InChI is InChI=1S/C18H20N6O/c25-18(16-5-8-21-23-16)20-11-13-6-9-24(10-7-13)17-12-19-14-3-1-2-4-15(14)22-17/h1-5,8,12-13H,6-7,9-11H2,(H,20,25)(H,21,23). The van der Waals surface area contributed by atoms with E-state index in [2.05, 4.69) is 25.4 Å². The Hall–Kier alpha value is -2.96. The van der Waals surface area contributed by atoms with Gasteiger partial charge in [-0.3, -0.25) is 14.9 Å². The van der Waals surface area contributed by atoms with E-state index in [0.717, 1.165) is 42.8 Å². The maximum absolute atomic E-state index is 11.9. The van der Waals surface area contributed by atoms with E-state index in [4.69, 9.17) is 4.98 Å². The molecule has 3 aromatic rings. The van der Waals surface area contributed by atoms with Crippen LogP contribution in [0.4, 0.5) is 5.82 Å². The summed E-state index contributed by atoms with van der Waals surface area (Å²) in [5.41, 5.74) is 2.35. The van der Waals surface area contributed by atoms with Crippen LogP contribution in [0.25, 0.3) is 11.0 Å². The molecule has 0 saturated carbocycles. The lowest BCUT2D eigenvalue weighted by molar-refractivity contribution is 0.0940. The first kappa shape index (κ1) is 15.6. The van der Waals surface area contributed by atoms with Crippen molar-refractivity contribution in [2.75, 3.05) is 24.5 Å². The van der Waals surface area contributed by atoms with Gasteiger partial charge in [-0.2, -0.15) is 5.10 Å². The molecule has 1 amide bonds. The molecule has 0 radical (unpaired) electrons. The summed E-state index contributed by atoms with van der Waals surface area (Å²) in [5, 5.41) is 9.46. The Balaban J connectivity index is 1.32. The van der Waals surface area contributed by atoms with Gasteiger partial charge >= 0.3 is 0 Å². The van der Waals surface area contributed by atoms with E-state index in [1.807, 2.05) is 30.5 Å². The molecule has 1 fully saturated rings. The second kappa shape index (κ2) is 6.88. The van der Waals surface area contributed by atoms with Crippen LogP contribution in [0, 0.1) is 5.92 Å². The fourth-order valence-corrected chi connectivity index (χ4v) is 3.18. The molecule has 3 heterocycles. The molecule has 0 unspecified atom stereocenters. The normalized spacial score (nSPS) is 15.4. The average molecular weight is 336 g/mol. The highest BCUT2D eigenvalue weighted by molar-refractivity contribution is 5.92. The van der Waals surface area contributed by atoms with Crippen molar-refractivity contribution in [2.45, 2.75) is 12.8 Å². The predicted molar refractivity (Wildman–Crippen MR) is 95.4 cm³/mol. The Labute approximate surface area is 145 Å². The SMILES string of the molecule is O=C(NCC1CCN(c2cnc3ccccc3n2)CC1)c1ccn[nH]1. The zero-order valence-electron chi connectivity index (χ0n) is 13.9. The third-order valence-corrected chi connectivity index (χ3v) is 4.67. The number of hydrogen-bond donors (Lipinski definition) is 2. The monoisotopic (exact) mass is 336 g/mol. The minimum absolute atomic E-state index is 0.0969. The summed E-state index contributed by atoms with van der Waals surface area (Å²) in [6.45, 7) is 2.55. The summed E-state index contributed by atoms with van der Waals surface area (Å²) in [6, 6.07) is 9.59. The number of para-hydroxylation sites is 2. The number of nitrogens with zero attached hydrogens (tertiary/aromatic N) is 4. The molecule has 0 spiro atoms. The van der Waals surface area contributed by atoms with Gasteiger partial charge in [0.25, 0.3) is 5.91 Å². The number of aromatic nitrogens is 4. The molecule has 7 nitrogen and oxygen atoms in total. The van der Waals surface area contributed by atoms with E-state index in [9.17, 15) is 4.79 Å². The molecular weight excluding hydrogens is 316 g/mol. The van der Waals surface area contributed by atoms with Crippen LogP contribution in [-0.4, -0.2) is 45.7 Å². The number of nitrogens with one attached hydrogen (secondary N) is 2. The van der Waals surface area contributed by atoms with E-state index in [0.29, 0.717) is 18.2 Å². The molecule has 25 heavy (non-hydrogen) atoms. The summed E-state index contributed by atoms with van der Waals surface area (Å²) in [4.78, 5) is 23.4. The van der Waals surface area contributed by atoms with Gasteiger partial charge in [-0.15, -0.1) is 0 Å². The van der Waals surface area contributed by atoms with E-state index in [1.54, 1.807) is 12.3 Å². The highest BCUT2D eigenvalue weighted by Crippen LogP contribution is 2.22. The van der Waals surface area contributed by atoms with Gasteiger partial charge in [0.2, 0.25) is 0 Å². The smallest absolute Gasteiger partial charge is 0.269 e. The number of carbonyl (C=O) groups is 1. The quantitative estimate of drug-likeness (QED) is 0.761. The number of carbonyl (C=O) groups excluding carboxylic acids is 1. The molecule has 1 aliphatic heterocycles. The molecular formula is C18H20N6O. The first-order valence-corrected chi connectivity index (χ1v) is 8.54. The maximum atomic E-state index is 11.9. The molecule has 0 atom stereocenters. The van der Waals surface area contributed by atoms with Crippen molar-refractivity contribution in [3.63, 3.8) is 0 Å². The maximum Gasteiger partial charge on any atom is 0.269 e. The minimum Gasteiger partial charge on any atom is -0.355 e. The number of rotatable bonds is 4. The summed E-state index contributed by atoms with van der Waals surface area (Å²) in [7, 11) is 0. The molecule has 1 saturated heterocycles. The van der Waals surface area contributed by atoms with Crippen molar-refractivity contribution in [2.24, 2.45) is 5.92 Å². The highest BCUT2D eigenvalue weighted by Gasteiger charge is 2.21. The van der Waals surface area contributed by atoms with Crippen molar-refractivity contribution in [1.29, 1.82) is 0 Å². The number of aromatic amines is 1. The lowest BCUT2D eigenvalue weighted by atomic mass is 9.97. The van der Waals surface area contributed by atoms with Crippen molar-refractivity contribution >= 4 is 22.8 Å². The number of anilines is 1. The van der Waals surface area contributed by atoms with Crippen LogP contribution in [0.2, 0.25) is 0 Å². The molecule has 2 N–H and O–H groups in total. The third kappa shape index (κ3) is 3.45. The number of H-pyrrole nitrogens is 1. The molecule has 4 rings (SSSR count). The van der Waals surface area contributed by atoms with Gasteiger partial charge in [-0.05, 0) is 37.0 Å². The Morgan fingerprint density at radius 2 is 2.00 bits per heavy atom. The van der Waals surface area contributed by atoms with Crippen LogP contribution < -0.4 is 10.2 Å². The third-order valence-electron chi connectivity index (χ3n) is 4.67. The van der Waals surface area contributed by atoms with E-state index < -0.39 is 0 Å². The first-order valence-electron chi connectivity index (χ1n) is 8.54. The minimum atomic E-state index is -0.0969. The number of benzene rings is 1. The second-order valence-corrected chi connectivity index (χ2v) is 6.33. The van der Waals surface area contributed by atoms with Crippen LogP contribution in [0.3, 0.4) is 0 Å². The zero-order valence-corrected chi connectivity index (χ0v) is 13.9. The predicted octanol–water partition coefficient (Wildman–Crippen LogP) is 2.00. The highest BCUT2D eigenvalue weighted by atomic mass is 16.1. The number of hydrogen-bond acceptors (Lipinski definition) is 5. The molecule has 1 aromatic carbocycles. The van der Waals surface area contributed by atoms with Gasteiger partial charge in [0.05, 0.1) is 17.2 Å². The summed E-state index contributed by atoms with van der Waals surface area (Å²) in [5.74, 6) is 1.32. The van der Waals surface area contributed by atoms with Gasteiger partial charge in [0.15, 0.2) is 0 Å². The van der Waals surface area contributed by atoms with Crippen molar-refractivity contribution in [3.8, 4) is 0 Å². The number of fused-ring (bicyclic) bond motifs is 1. The second-order valence-electron chi connectivity index (χ2n) is 6.33. The van der Waals surface area contributed by atoms with Gasteiger partial charge in [-0.25, -0.2) is 4.98 Å². The Kier molecular flexibility index (Phi) is 4.28. The topological polar surface area (TPSA) is 86.8 Å². The van der Waals surface area contributed by atoms with Crippen LogP contribution in [0.1, 0.15) is 23.3 Å². The van der Waals surface area contributed by atoms with Gasteiger partial charge < -0.3 is 10.2 Å². The lowest BCUT2D eigenvalue weighted by Gasteiger charge is -2.32. The van der Waals surface area contributed by atoms with Gasteiger partial charge in [0.1, 0.15) is 11.5 Å². The molecule has 2 aromatic heterocycles. The van der Waals surface area contributed by atoms with Crippen LogP contribution in [-0.2, 0) is 0 Å². The molecule has 7 heteroatoms. The lowest BCUT2D eigenvalue weighted by Crippen LogP contribution is -2.39. The largest absolute Gasteiger partial charge is 0.355 e. The van der Waals surface area contributed by atoms with Gasteiger partial charge in [-0.1, -0.05) is 12.1 Å². The zero-order chi connectivity index (χ0) is 17.1. The summed E-state index contributed by atoms with van der Waals surface area (Å²) in [6.07, 6.45) is 5.48. The van der Waals surface area contributed by atoms with E-state index in [-0.39, 0.29) is 5.91 Å². The van der Waals surface area contributed by atoms with Crippen LogP contribution >= 0.6 is 0 Å². The van der Waals surface area contributed by atoms with E-state index in [1.165, 1.54) is 0 Å². The average Bonchev–Trinajstić information content (AvgIpc) is 3.21. The summed E-state index contributed by atoms with van der Waals surface area (Å²) >= 11 is 0. The molecule has 1 aliphatic rings. The molecule has 0 aliphatic carbocycles. The van der Waals surface area contributed by atoms with E-state index >= 15 is 0 Å². The van der Waals surface area contributed by atoms with Crippen LogP contribution in [0.5, 0.6) is 0 Å². The molecule has 0 bridgehead atoms. The number of piperidine rings is 1. The molecule has 128 valence electrons. The fourth-order valence-electron chi connectivity index (χ4n) is 3.18.